The Hall–Kier alpha value is -1.29. The van der Waals surface area contributed by atoms with Crippen LogP contribution in [-0.4, -0.2) is 45.0 Å². The normalized spacial score (nSPS) is 24.3. The number of hydrogen-bond acceptors (Lipinski definition) is 8. The van der Waals surface area contributed by atoms with E-state index in [1.54, 1.807) is 0 Å². The van der Waals surface area contributed by atoms with E-state index in [-0.39, 0.29) is 25.5 Å². The van der Waals surface area contributed by atoms with Gasteiger partial charge in [-0.25, -0.2) is 9.36 Å². The number of ether oxygens (including phenoxy) is 1. The molecular formula is C17H30N3O7P. The smallest absolute Gasteiger partial charge is 0.390 e. The van der Waals surface area contributed by atoms with Crippen molar-refractivity contribution in [3.63, 3.8) is 0 Å². The molecule has 1 fully saturated rings. The van der Waals surface area contributed by atoms with Gasteiger partial charge in [-0.3, -0.25) is 13.6 Å². The summed E-state index contributed by atoms with van der Waals surface area (Å²) in [6.45, 7) is 1.93. The monoisotopic (exact) mass is 419 g/mol. The molecule has 2 heterocycles. The Kier molecular flexibility index (Phi) is 9.07. The van der Waals surface area contributed by atoms with Crippen LogP contribution in [0, 0.1) is 0 Å². The highest BCUT2D eigenvalue weighted by Crippen LogP contribution is 2.44. The molecule has 4 atom stereocenters. The molecule has 0 aliphatic carbocycles. The van der Waals surface area contributed by atoms with E-state index in [1.165, 1.54) is 23.3 Å². The van der Waals surface area contributed by atoms with Gasteiger partial charge < -0.3 is 20.5 Å². The van der Waals surface area contributed by atoms with Crippen LogP contribution in [0.4, 0.5) is 5.82 Å². The zero-order chi connectivity index (χ0) is 20.6. The Morgan fingerprint density at radius 3 is 2.75 bits per heavy atom. The van der Waals surface area contributed by atoms with Crippen LogP contribution in [0.3, 0.4) is 0 Å². The van der Waals surface area contributed by atoms with Crippen LogP contribution in [-0.2, 0) is 18.3 Å². The van der Waals surface area contributed by atoms with Crippen molar-refractivity contribution in [1.82, 2.24) is 9.55 Å². The molecule has 0 aromatic carbocycles. The van der Waals surface area contributed by atoms with Crippen LogP contribution in [0.2, 0.25) is 0 Å². The summed E-state index contributed by atoms with van der Waals surface area (Å²) in [4.78, 5) is 25.2. The Bertz CT molecular complexity index is 714. The fourth-order valence-electron chi connectivity index (χ4n) is 2.95. The molecule has 1 aliphatic heterocycles. The maximum atomic E-state index is 12.0. The molecule has 1 saturated heterocycles. The number of nitrogens with two attached hydrogens (primary N) is 1. The fourth-order valence-corrected chi connectivity index (χ4v) is 3.72. The van der Waals surface area contributed by atoms with E-state index < -0.39 is 31.9 Å². The number of hydrogen-bond donors (Lipinski definition) is 3. The second-order valence-electron chi connectivity index (χ2n) is 6.84. The number of aliphatic hydroxyl groups excluding tert-OH is 1. The first-order valence-corrected chi connectivity index (χ1v) is 11.1. The van der Waals surface area contributed by atoms with Crippen LogP contribution in [0.15, 0.2) is 17.1 Å². The SMILES string of the molecule is CCCCCCCCOP(=O)(O)OC[C@H]1O[C@@H](n2ccc(N)nc2=O)C[C@@H]1O. The minimum atomic E-state index is -4.23. The van der Waals surface area contributed by atoms with Gasteiger partial charge in [0.1, 0.15) is 18.1 Å². The highest BCUT2D eigenvalue weighted by atomic mass is 31.2. The Morgan fingerprint density at radius 2 is 2.04 bits per heavy atom. The molecular weight excluding hydrogens is 389 g/mol. The lowest BCUT2D eigenvalue weighted by atomic mass is 10.1. The average Bonchev–Trinajstić information content (AvgIpc) is 3.00. The zero-order valence-corrected chi connectivity index (χ0v) is 17.0. The van der Waals surface area contributed by atoms with Gasteiger partial charge in [0, 0.05) is 12.6 Å². The van der Waals surface area contributed by atoms with Gasteiger partial charge in [-0.1, -0.05) is 39.0 Å². The number of aliphatic hydroxyl groups is 1. The summed E-state index contributed by atoms with van der Waals surface area (Å²) in [6.07, 6.45) is 5.12. The summed E-state index contributed by atoms with van der Waals surface area (Å²) in [5.74, 6) is 0.0865. The average molecular weight is 419 g/mol. The van der Waals surface area contributed by atoms with E-state index in [0.29, 0.717) is 6.42 Å². The quantitative estimate of drug-likeness (QED) is 0.342. The first-order chi connectivity index (χ1) is 13.3. The summed E-state index contributed by atoms with van der Waals surface area (Å²) < 4.78 is 28.6. The van der Waals surface area contributed by atoms with Gasteiger partial charge in [-0.05, 0) is 12.5 Å². The first kappa shape index (κ1) is 23.0. The van der Waals surface area contributed by atoms with Gasteiger partial charge in [0.15, 0.2) is 0 Å². The molecule has 4 N–H and O–H groups in total. The van der Waals surface area contributed by atoms with Crippen LogP contribution >= 0.6 is 7.82 Å². The standard InChI is InChI=1S/C17H30N3O7P/c1-2-3-4-5-6-7-10-25-28(23,24)26-12-14-13(21)11-16(27-14)20-9-8-15(18)19-17(20)22/h8-9,13-14,16,21H,2-7,10-12H2,1H3,(H,23,24)(H2,18,19,22)/t13-,14+,16+/m0/s1. The molecule has 0 bridgehead atoms. The van der Waals surface area contributed by atoms with Crippen molar-refractivity contribution in [3.05, 3.63) is 22.7 Å². The van der Waals surface area contributed by atoms with Crippen molar-refractivity contribution in [1.29, 1.82) is 0 Å². The van der Waals surface area contributed by atoms with E-state index in [9.17, 15) is 19.4 Å². The zero-order valence-electron chi connectivity index (χ0n) is 16.1. The Balaban J connectivity index is 1.74. The van der Waals surface area contributed by atoms with E-state index in [4.69, 9.17) is 19.5 Å². The summed E-state index contributed by atoms with van der Waals surface area (Å²) >= 11 is 0. The molecule has 10 nitrogen and oxygen atoms in total. The summed E-state index contributed by atoms with van der Waals surface area (Å²) in [6, 6.07) is 1.44. The summed E-state index contributed by atoms with van der Waals surface area (Å²) in [7, 11) is -4.23. The molecule has 160 valence electrons. The van der Waals surface area contributed by atoms with Crippen LogP contribution < -0.4 is 11.4 Å². The van der Waals surface area contributed by atoms with Crippen molar-refractivity contribution in [2.75, 3.05) is 18.9 Å². The topological polar surface area (TPSA) is 146 Å². The van der Waals surface area contributed by atoms with Crippen LogP contribution in [0.1, 0.15) is 58.1 Å². The van der Waals surface area contributed by atoms with Gasteiger partial charge in [-0.2, -0.15) is 4.98 Å². The highest BCUT2D eigenvalue weighted by Gasteiger charge is 2.37. The van der Waals surface area contributed by atoms with Crippen molar-refractivity contribution in [2.45, 2.75) is 70.3 Å². The number of nitrogens with zero attached hydrogens (tertiary/aromatic N) is 2. The third-order valence-electron chi connectivity index (χ3n) is 4.52. The van der Waals surface area contributed by atoms with Crippen LogP contribution in [0.25, 0.3) is 0 Å². The molecule has 1 aromatic rings. The Labute approximate surface area is 164 Å². The minimum absolute atomic E-state index is 0.0865. The van der Waals surface area contributed by atoms with E-state index in [2.05, 4.69) is 11.9 Å². The predicted molar refractivity (Wildman–Crippen MR) is 103 cm³/mol. The second-order valence-corrected chi connectivity index (χ2v) is 8.29. The number of rotatable bonds is 12. The number of aromatic nitrogens is 2. The van der Waals surface area contributed by atoms with Gasteiger partial charge in [0.2, 0.25) is 0 Å². The van der Waals surface area contributed by atoms with E-state index in [1.807, 2.05) is 0 Å². The lowest BCUT2D eigenvalue weighted by Crippen LogP contribution is -2.28. The van der Waals surface area contributed by atoms with Gasteiger partial charge >= 0.3 is 13.5 Å². The van der Waals surface area contributed by atoms with Gasteiger partial charge in [0.25, 0.3) is 0 Å². The van der Waals surface area contributed by atoms with E-state index >= 15 is 0 Å². The molecule has 0 saturated carbocycles. The molecule has 0 radical (unpaired) electrons. The molecule has 0 amide bonds. The number of phosphoric acid groups is 1. The molecule has 28 heavy (non-hydrogen) atoms. The summed E-state index contributed by atoms with van der Waals surface area (Å²) in [5.41, 5.74) is 4.85. The van der Waals surface area contributed by atoms with E-state index in [0.717, 1.165) is 25.7 Å². The lowest BCUT2D eigenvalue weighted by molar-refractivity contribution is -0.0464. The van der Waals surface area contributed by atoms with Crippen molar-refractivity contribution >= 4 is 13.6 Å². The molecule has 0 spiro atoms. The first-order valence-electron chi connectivity index (χ1n) is 9.62. The number of unbranched alkanes of at least 4 members (excludes halogenated alkanes) is 5. The van der Waals surface area contributed by atoms with Crippen LogP contribution in [0.5, 0.6) is 0 Å². The minimum Gasteiger partial charge on any atom is -0.390 e. The van der Waals surface area contributed by atoms with Crippen molar-refractivity contribution in [2.24, 2.45) is 0 Å². The third-order valence-corrected chi connectivity index (χ3v) is 5.50. The van der Waals surface area contributed by atoms with Gasteiger partial charge in [-0.15, -0.1) is 0 Å². The van der Waals surface area contributed by atoms with Gasteiger partial charge in [0.05, 0.1) is 19.3 Å². The predicted octanol–water partition coefficient (Wildman–Crippen LogP) is 1.97. The molecule has 1 aliphatic rings. The Morgan fingerprint density at radius 1 is 1.32 bits per heavy atom. The molecule has 2 rings (SSSR count). The lowest BCUT2D eigenvalue weighted by Gasteiger charge is -2.18. The molecule has 1 unspecified atom stereocenters. The third kappa shape index (κ3) is 7.27. The fraction of sp³-hybridized carbons (Fsp3) is 0.765. The highest BCUT2D eigenvalue weighted by molar-refractivity contribution is 7.47. The molecule has 1 aromatic heterocycles. The summed E-state index contributed by atoms with van der Waals surface area (Å²) in [5, 5.41) is 10.1. The second kappa shape index (κ2) is 11.0. The van der Waals surface area contributed by atoms with Crippen molar-refractivity contribution < 1.29 is 28.3 Å². The maximum absolute atomic E-state index is 12.0. The maximum Gasteiger partial charge on any atom is 0.472 e. The number of nitrogen functional groups attached to an aromatic ring is 1. The number of phosphoric ester groups is 1. The molecule has 11 heteroatoms. The number of anilines is 1. The van der Waals surface area contributed by atoms with Crippen molar-refractivity contribution in [3.8, 4) is 0 Å². The largest absolute Gasteiger partial charge is 0.472 e.